The van der Waals surface area contributed by atoms with Crippen molar-refractivity contribution in [2.24, 2.45) is 0 Å². The topological polar surface area (TPSA) is 115 Å². The van der Waals surface area contributed by atoms with Gasteiger partial charge in [0, 0.05) is 27.8 Å². The molecule has 4 rings (SSSR count). The van der Waals surface area contributed by atoms with Gasteiger partial charge in [0.25, 0.3) is 11.8 Å². The minimum Gasteiger partial charge on any atom is -0.496 e. The summed E-state index contributed by atoms with van der Waals surface area (Å²) < 4.78 is 55.8. The zero-order chi connectivity index (χ0) is 35.7. The number of rotatable bonds is 12. The molecule has 9 nitrogen and oxygen atoms in total. The number of nitrogens with one attached hydrogen (secondary N) is 3. The number of alkyl halides is 3. The maximum Gasteiger partial charge on any atom is 0.416 e. The van der Waals surface area contributed by atoms with Crippen LogP contribution in [0.25, 0.3) is 6.08 Å². The summed E-state index contributed by atoms with van der Waals surface area (Å²) >= 11 is 7.14. The molecule has 3 amide bonds. The number of carbonyl (C=O) groups excluding carboxylic acids is 3. The summed E-state index contributed by atoms with van der Waals surface area (Å²) in [6.07, 6.45) is -3.18. The van der Waals surface area contributed by atoms with E-state index in [2.05, 4.69) is 16.0 Å². The van der Waals surface area contributed by atoms with Crippen LogP contribution in [0.5, 0.6) is 17.2 Å². The third-order valence-corrected chi connectivity index (χ3v) is 8.31. The monoisotopic (exact) mass is 713 g/mol. The summed E-state index contributed by atoms with van der Waals surface area (Å²) in [6, 6.07) is 20.7. The highest BCUT2D eigenvalue weighted by atomic mass is 35.5. The van der Waals surface area contributed by atoms with Crippen LogP contribution >= 0.6 is 23.4 Å². The third kappa shape index (κ3) is 9.71. The number of hydrogen-bond acceptors (Lipinski definition) is 7. The van der Waals surface area contributed by atoms with Crippen molar-refractivity contribution < 1.29 is 41.8 Å². The van der Waals surface area contributed by atoms with Crippen molar-refractivity contribution >= 4 is 58.5 Å². The van der Waals surface area contributed by atoms with Gasteiger partial charge in [-0.05, 0) is 67.6 Å². The van der Waals surface area contributed by atoms with Gasteiger partial charge >= 0.3 is 6.18 Å². The SMILES string of the molecule is COc1cc(OC)c(OC)cc1/C=C(/NC(=O)c1ccccc1)C(=O)Nc1cccc(SC(C)C(=O)Nc2cc(C(F)(F)F)ccc2Cl)c1. The molecule has 0 spiro atoms. The van der Waals surface area contributed by atoms with E-state index in [1.807, 2.05) is 0 Å². The van der Waals surface area contributed by atoms with Gasteiger partial charge in [-0.1, -0.05) is 35.9 Å². The molecule has 0 heterocycles. The Hall–Kier alpha value is -5.14. The molecule has 0 aliphatic heterocycles. The van der Waals surface area contributed by atoms with Crippen LogP contribution in [0.2, 0.25) is 5.02 Å². The molecule has 0 fully saturated rings. The summed E-state index contributed by atoms with van der Waals surface area (Å²) in [6.45, 7) is 1.57. The van der Waals surface area contributed by atoms with Crippen LogP contribution in [0.3, 0.4) is 0 Å². The highest BCUT2D eigenvalue weighted by Gasteiger charge is 2.31. The molecule has 3 N–H and O–H groups in total. The number of methoxy groups -OCH3 is 3. The second-order valence-corrected chi connectivity index (χ2v) is 12.1. The first-order chi connectivity index (χ1) is 23.3. The highest BCUT2D eigenvalue weighted by Crippen LogP contribution is 2.36. The predicted octanol–water partition coefficient (Wildman–Crippen LogP) is 7.91. The molecule has 0 aromatic heterocycles. The van der Waals surface area contributed by atoms with Crippen LogP contribution in [0.1, 0.15) is 28.4 Å². The largest absolute Gasteiger partial charge is 0.496 e. The molecular weight excluding hydrogens is 683 g/mol. The minimum absolute atomic E-state index is 0.0443. The van der Waals surface area contributed by atoms with Gasteiger partial charge in [0.1, 0.15) is 11.4 Å². The quantitative estimate of drug-likeness (QED) is 0.101. The van der Waals surface area contributed by atoms with Crippen LogP contribution in [-0.2, 0) is 15.8 Å². The Bertz CT molecular complexity index is 1870. The standard InChI is InChI=1S/C35H31ClF3N3O6S/c1-20(32(43)41-27-17-23(35(37,38)39)13-14-26(27)36)49-25-12-8-11-24(18-25)40-34(45)28(42-33(44)21-9-6-5-7-10-21)15-22-16-30(47-3)31(48-4)19-29(22)46-2/h5-20H,1-4H3,(H,40,45)(H,41,43)(H,42,44)/b28-15+. The minimum atomic E-state index is -4.61. The Balaban J connectivity index is 1.56. The van der Waals surface area contributed by atoms with Gasteiger partial charge in [-0.25, -0.2) is 0 Å². The summed E-state index contributed by atoms with van der Waals surface area (Å²) in [4.78, 5) is 40.3. The van der Waals surface area contributed by atoms with Crippen molar-refractivity contribution in [2.75, 3.05) is 32.0 Å². The van der Waals surface area contributed by atoms with Gasteiger partial charge in [-0.3, -0.25) is 14.4 Å². The number of hydrogen-bond donors (Lipinski definition) is 3. The van der Waals surface area contributed by atoms with Crippen molar-refractivity contribution in [1.29, 1.82) is 0 Å². The third-order valence-electron chi connectivity index (χ3n) is 6.89. The molecule has 0 saturated heterocycles. The second-order valence-electron chi connectivity index (χ2n) is 10.3. The smallest absolute Gasteiger partial charge is 0.416 e. The Morgan fingerprint density at radius 3 is 2.14 bits per heavy atom. The van der Waals surface area contributed by atoms with E-state index >= 15 is 0 Å². The molecule has 0 saturated carbocycles. The normalized spacial score (nSPS) is 12.0. The number of carbonyl (C=O) groups is 3. The van der Waals surface area contributed by atoms with E-state index in [1.54, 1.807) is 73.7 Å². The fourth-order valence-corrected chi connectivity index (χ4v) is 5.49. The molecule has 1 unspecified atom stereocenters. The molecule has 49 heavy (non-hydrogen) atoms. The zero-order valence-electron chi connectivity index (χ0n) is 26.6. The van der Waals surface area contributed by atoms with Crippen LogP contribution < -0.4 is 30.2 Å². The van der Waals surface area contributed by atoms with Crippen LogP contribution in [0, 0.1) is 0 Å². The molecular formula is C35H31ClF3N3O6S. The summed E-state index contributed by atoms with van der Waals surface area (Å²) in [5.74, 6) is -0.694. The number of halogens is 4. The van der Waals surface area contributed by atoms with E-state index in [0.717, 1.165) is 30.0 Å². The fourth-order valence-electron chi connectivity index (χ4n) is 4.40. The molecule has 14 heteroatoms. The molecule has 4 aromatic carbocycles. The molecule has 0 radical (unpaired) electrons. The molecule has 256 valence electrons. The number of thioether (sulfide) groups is 1. The average Bonchev–Trinajstić information content (AvgIpc) is 3.08. The van der Waals surface area contributed by atoms with Crippen LogP contribution in [0.4, 0.5) is 24.5 Å². The first-order valence-electron chi connectivity index (χ1n) is 14.5. The van der Waals surface area contributed by atoms with E-state index in [1.165, 1.54) is 27.4 Å². The van der Waals surface area contributed by atoms with Crippen LogP contribution in [0.15, 0.2) is 95.5 Å². The number of benzene rings is 4. The van der Waals surface area contributed by atoms with Gasteiger partial charge in [-0.15, -0.1) is 11.8 Å². The second kappa shape index (κ2) is 16.3. The summed E-state index contributed by atoms with van der Waals surface area (Å²) in [7, 11) is 4.37. The number of amides is 3. The molecule has 0 aliphatic rings. The van der Waals surface area contributed by atoms with Gasteiger partial charge in [0.15, 0.2) is 11.5 Å². The molecule has 0 bridgehead atoms. The van der Waals surface area contributed by atoms with Gasteiger partial charge in [-0.2, -0.15) is 13.2 Å². The lowest BCUT2D eigenvalue weighted by Gasteiger charge is -2.16. The van der Waals surface area contributed by atoms with Crippen molar-refractivity contribution in [1.82, 2.24) is 5.32 Å². The first kappa shape index (κ1) is 36.7. The van der Waals surface area contributed by atoms with Crippen molar-refractivity contribution in [3.8, 4) is 17.2 Å². The van der Waals surface area contributed by atoms with E-state index < -0.39 is 34.7 Å². The highest BCUT2D eigenvalue weighted by molar-refractivity contribution is 8.00. The van der Waals surface area contributed by atoms with Crippen molar-refractivity contribution in [2.45, 2.75) is 23.2 Å². The van der Waals surface area contributed by atoms with Gasteiger partial charge in [0.05, 0.1) is 42.9 Å². The van der Waals surface area contributed by atoms with E-state index in [4.69, 9.17) is 25.8 Å². The first-order valence-corrected chi connectivity index (χ1v) is 15.7. The summed E-state index contributed by atoms with van der Waals surface area (Å²) in [5, 5.41) is 7.06. The maximum atomic E-state index is 13.7. The molecule has 1 atom stereocenters. The van der Waals surface area contributed by atoms with Crippen molar-refractivity contribution in [3.63, 3.8) is 0 Å². The zero-order valence-corrected chi connectivity index (χ0v) is 28.2. The maximum absolute atomic E-state index is 13.7. The summed E-state index contributed by atoms with van der Waals surface area (Å²) in [5.41, 5.74) is -0.182. The van der Waals surface area contributed by atoms with E-state index in [9.17, 15) is 27.6 Å². The van der Waals surface area contributed by atoms with Crippen molar-refractivity contribution in [3.05, 3.63) is 112 Å². The molecule has 0 aliphatic carbocycles. The lowest BCUT2D eigenvalue weighted by Crippen LogP contribution is -2.30. The molecule has 4 aromatic rings. The predicted molar refractivity (Wildman–Crippen MR) is 183 cm³/mol. The average molecular weight is 714 g/mol. The number of anilines is 2. The van der Waals surface area contributed by atoms with Gasteiger partial charge in [0.2, 0.25) is 5.91 Å². The van der Waals surface area contributed by atoms with E-state index in [0.29, 0.717) is 39.0 Å². The number of ether oxygens (including phenoxy) is 3. The Morgan fingerprint density at radius 1 is 0.816 bits per heavy atom. The fraction of sp³-hybridized carbons (Fsp3) is 0.171. The van der Waals surface area contributed by atoms with E-state index in [-0.39, 0.29) is 16.4 Å². The van der Waals surface area contributed by atoms with Gasteiger partial charge < -0.3 is 30.2 Å². The Kier molecular flexibility index (Phi) is 12.2. The Labute approximate surface area is 289 Å². The van der Waals surface area contributed by atoms with Crippen LogP contribution in [-0.4, -0.2) is 44.3 Å². The Morgan fingerprint density at radius 2 is 1.49 bits per heavy atom. The lowest BCUT2D eigenvalue weighted by atomic mass is 10.1. The lowest BCUT2D eigenvalue weighted by molar-refractivity contribution is -0.137.